The van der Waals surface area contributed by atoms with E-state index < -0.39 is 86.8 Å². The number of hydrogen-bond acceptors (Lipinski definition) is 13. The number of ether oxygens (including phenoxy) is 4. The molecule has 14 heteroatoms. The molecule has 0 aromatic heterocycles. The van der Waals surface area contributed by atoms with E-state index in [1.54, 1.807) is 6.08 Å². The van der Waals surface area contributed by atoms with Crippen molar-refractivity contribution in [1.82, 2.24) is 5.32 Å². The summed E-state index contributed by atoms with van der Waals surface area (Å²) in [5, 5.41) is 86.3. The van der Waals surface area contributed by atoms with E-state index in [9.17, 15) is 45.6 Å². The van der Waals surface area contributed by atoms with Crippen molar-refractivity contribution in [2.75, 3.05) is 19.8 Å². The number of carbonyl (C=O) groups excluding carboxylic acids is 1. The van der Waals surface area contributed by atoms with Gasteiger partial charge in [0.05, 0.1) is 32.0 Å². The van der Waals surface area contributed by atoms with Gasteiger partial charge in [-0.2, -0.15) is 0 Å². The topological polar surface area (TPSA) is 228 Å². The average Bonchev–Trinajstić information content (AvgIpc) is 3.28. The van der Waals surface area contributed by atoms with Crippen LogP contribution in [0.1, 0.15) is 136 Å². The molecule has 14 nitrogen and oxygen atoms in total. The molecular formula is C49H83NO13. The van der Waals surface area contributed by atoms with Crippen LogP contribution < -0.4 is 5.32 Å². The predicted molar refractivity (Wildman–Crippen MR) is 244 cm³/mol. The van der Waals surface area contributed by atoms with Gasteiger partial charge in [-0.1, -0.05) is 138 Å². The molecule has 9 N–H and O–H groups in total. The van der Waals surface area contributed by atoms with Gasteiger partial charge in [-0.25, -0.2) is 0 Å². The summed E-state index contributed by atoms with van der Waals surface area (Å²) in [7, 11) is 0. The monoisotopic (exact) mass is 894 g/mol. The van der Waals surface area contributed by atoms with Gasteiger partial charge in [0.1, 0.15) is 48.8 Å². The van der Waals surface area contributed by atoms with Crippen molar-refractivity contribution in [3.63, 3.8) is 0 Å². The Hall–Kier alpha value is -2.57. The number of nitrogens with one attached hydrogen (secondary N) is 1. The second kappa shape index (κ2) is 35.7. The third-order valence-electron chi connectivity index (χ3n) is 11.1. The zero-order valence-corrected chi connectivity index (χ0v) is 38.0. The van der Waals surface area contributed by atoms with Crippen LogP contribution in [0.2, 0.25) is 0 Å². The summed E-state index contributed by atoms with van der Waals surface area (Å²) in [6.07, 6.45) is 26.9. The predicted octanol–water partition coefficient (Wildman–Crippen LogP) is 5.26. The summed E-state index contributed by atoms with van der Waals surface area (Å²) in [6.45, 7) is 2.53. The van der Waals surface area contributed by atoms with Crippen LogP contribution >= 0.6 is 0 Å². The van der Waals surface area contributed by atoms with Crippen LogP contribution in [0.15, 0.2) is 72.9 Å². The van der Waals surface area contributed by atoms with Gasteiger partial charge in [0.15, 0.2) is 12.6 Å². The van der Waals surface area contributed by atoms with Gasteiger partial charge in [-0.05, 0) is 64.2 Å². The Morgan fingerprint density at radius 1 is 0.587 bits per heavy atom. The van der Waals surface area contributed by atoms with E-state index in [2.05, 4.69) is 79.9 Å². The molecule has 2 aliphatic heterocycles. The van der Waals surface area contributed by atoms with Gasteiger partial charge in [-0.15, -0.1) is 0 Å². The average molecular weight is 894 g/mol. The molecule has 0 bridgehead atoms. The molecule has 0 saturated carbocycles. The van der Waals surface area contributed by atoms with E-state index >= 15 is 0 Å². The zero-order chi connectivity index (χ0) is 46.1. The molecule has 12 atom stereocenters. The molecule has 0 aromatic carbocycles. The zero-order valence-electron chi connectivity index (χ0n) is 38.0. The molecule has 2 saturated heterocycles. The van der Waals surface area contributed by atoms with E-state index in [1.165, 1.54) is 19.3 Å². The minimum Gasteiger partial charge on any atom is -0.394 e. The smallest absolute Gasteiger partial charge is 0.220 e. The molecule has 2 fully saturated rings. The largest absolute Gasteiger partial charge is 0.394 e. The van der Waals surface area contributed by atoms with Crippen LogP contribution in [-0.4, -0.2) is 140 Å². The number of aliphatic hydroxyl groups is 8. The quantitative estimate of drug-likeness (QED) is 0.0297. The summed E-state index contributed by atoms with van der Waals surface area (Å²) in [6, 6.07) is -0.936. The molecule has 2 aliphatic rings. The summed E-state index contributed by atoms with van der Waals surface area (Å²) >= 11 is 0. The van der Waals surface area contributed by atoms with Crippen molar-refractivity contribution < 1.29 is 64.6 Å². The van der Waals surface area contributed by atoms with E-state index in [-0.39, 0.29) is 18.9 Å². The number of hydrogen-bond donors (Lipinski definition) is 9. The number of allylic oxidation sites excluding steroid dienone is 11. The molecule has 12 unspecified atom stereocenters. The van der Waals surface area contributed by atoms with Crippen LogP contribution in [0, 0.1) is 0 Å². The summed E-state index contributed by atoms with van der Waals surface area (Å²) in [4.78, 5) is 13.1. The summed E-state index contributed by atoms with van der Waals surface area (Å²) in [5.41, 5.74) is 0. The van der Waals surface area contributed by atoms with Crippen molar-refractivity contribution in [2.24, 2.45) is 0 Å². The number of rotatable bonds is 34. The summed E-state index contributed by atoms with van der Waals surface area (Å²) < 4.78 is 22.6. The molecule has 0 aliphatic carbocycles. The first kappa shape index (κ1) is 56.6. The minimum atomic E-state index is -1.79. The Morgan fingerprint density at radius 2 is 1.11 bits per heavy atom. The minimum absolute atomic E-state index is 0.259. The first-order valence-corrected chi connectivity index (χ1v) is 23.7. The standard InChI is InChI=1S/C49H83NO13/c1-3-5-7-9-11-13-14-15-16-17-18-19-20-21-22-23-24-25-27-29-31-33-41(54)50-37(38(53)32-30-28-26-12-10-8-6-4-2)36-60-48-46(59)44(57)47(40(35-52)62-48)63-49-45(58)43(56)42(55)39(34-51)61-49/h5,7,10-13,15-16,18-19,30,32,37-40,42-49,51-53,55-59H,3-4,6,8-9,14,17,20-29,31,33-36H2,1-2H3,(H,50,54)/b7-5-,12-10+,13-11-,16-15-,19-18-,32-30+. The normalized spacial score (nSPS) is 28.2. The lowest BCUT2D eigenvalue weighted by Gasteiger charge is -2.46. The van der Waals surface area contributed by atoms with E-state index in [0.29, 0.717) is 12.8 Å². The lowest BCUT2D eigenvalue weighted by Crippen LogP contribution is -2.65. The SMILES string of the molecule is CC/C=C\C/C=C\C/C=C\C/C=C\CCCCCCCCCCC(=O)NC(COC1OC(CO)C(OC2OC(CO)C(O)C(O)C2O)C(O)C1O)C(O)/C=C/CC/C=C/CCCC. The van der Waals surface area contributed by atoms with Crippen LogP contribution in [-0.2, 0) is 23.7 Å². The third-order valence-corrected chi connectivity index (χ3v) is 11.1. The van der Waals surface area contributed by atoms with E-state index in [4.69, 9.17) is 18.9 Å². The second-order valence-corrected chi connectivity index (χ2v) is 16.5. The fourth-order valence-corrected chi connectivity index (χ4v) is 7.22. The van der Waals surface area contributed by atoms with Crippen LogP contribution in [0.5, 0.6) is 0 Å². The van der Waals surface area contributed by atoms with Gasteiger partial charge in [0.25, 0.3) is 0 Å². The van der Waals surface area contributed by atoms with Crippen LogP contribution in [0.3, 0.4) is 0 Å². The van der Waals surface area contributed by atoms with Gasteiger partial charge in [0.2, 0.25) is 5.91 Å². The Kier molecular flexibility index (Phi) is 32.0. The number of carbonyl (C=O) groups is 1. The van der Waals surface area contributed by atoms with Crippen molar-refractivity contribution in [2.45, 2.75) is 209 Å². The highest BCUT2D eigenvalue weighted by molar-refractivity contribution is 5.76. The van der Waals surface area contributed by atoms with Crippen LogP contribution in [0.4, 0.5) is 0 Å². The maximum Gasteiger partial charge on any atom is 0.220 e. The van der Waals surface area contributed by atoms with Crippen molar-refractivity contribution in [3.05, 3.63) is 72.9 Å². The highest BCUT2D eigenvalue weighted by Crippen LogP contribution is 2.30. The van der Waals surface area contributed by atoms with Crippen molar-refractivity contribution >= 4 is 5.91 Å². The fraction of sp³-hybridized carbons (Fsp3) is 0.735. The Bertz CT molecular complexity index is 1330. The van der Waals surface area contributed by atoms with Crippen molar-refractivity contribution in [1.29, 1.82) is 0 Å². The first-order chi connectivity index (χ1) is 30.6. The van der Waals surface area contributed by atoms with Crippen molar-refractivity contribution in [3.8, 4) is 0 Å². The molecule has 0 radical (unpaired) electrons. The maximum absolute atomic E-state index is 13.1. The van der Waals surface area contributed by atoms with Gasteiger partial charge in [-0.3, -0.25) is 4.79 Å². The third kappa shape index (κ3) is 23.4. The fourth-order valence-electron chi connectivity index (χ4n) is 7.22. The molecule has 0 spiro atoms. The lowest BCUT2D eigenvalue weighted by atomic mass is 9.97. The number of unbranched alkanes of at least 4 members (excludes halogenated alkanes) is 11. The molecule has 1 amide bonds. The molecule has 0 aromatic rings. The van der Waals surface area contributed by atoms with Gasteiger partial charge in [0, 0.05) is 6.42 Å². The Labute approximate surface area is 377 Å². The highest BCUT2D eigenvalue weighted by atomic mass is 16.7. The van der Waals surface area contributed by atoms with Gasteiger partial charge >= 0.3 is 0 Å². The molecule has 2 rings (SSSR count). The van der Waals surface area contributed by atoms with Gasteiger partial charge < -0.3 is 65.1 Å². The number of aliphatic hydroxyl groups excluding tert-OH is 8. The highest BCUT2D eigenvalue weighted by Gasteiger charge is 2.50. The molecular weight excluding hydrogens is 811 g/mol. The molecule has 2 heterocycles. The van der Waals surface area contributed by atoms with E-state index in [1.807, 2.05) is 6.08 Å². The Balaban J connectivity index is 1.80. The first-order valence-electron chi connectivity index (χ1n) is 23.7. The maximum atomic E-state index is 13.1. The molecule has 362 valence electrons. The second-order valence-electron chi connectivity index (χ2n) is 16.5. The van der Waals surface area contributed by atoms with Crippen LogP contribution in [0.25, 0.3) is 0 Å². The molecule has 63 heavy (non-hydrogen) atoms. The lowest BCUT2D eigenvalue weighted by molar-refractivity contribution is -0.359. The summed E-state index contributed by atoms with van der Waals surface area (Å²) in [5.74, 6) is -0.267. The number of amides is 1. The van der Waals surface area contributed by atoms with E-state index in [0.717, 1.165) is 83.5 Å². The Morgan fingerprint density at radius 3 is 1.75 bits per heavy atom.